The lowest BCUT2D eigenvalue weighted by Gasteiger charge is -2.39. The lowest BCUT2D eigenvalue weighted by molar-refractivity contribution is -0.131. The molecule has 3 atom stereocenters. The summed E-state index contributed by atoms with van der Waals surface area (Å²) < 4.78 is 0. The molecule has 0 saturated carbocycles. The molecule has 4 nitrogen and oxygen atoms in total. The average molecular weight is 275 g/mol. The van der Waals surface area contributed by atoms with Crippen molar-refractivity contribution in [2.45, 2.75) is 45.7 Å². The van der Waals surface area contributed by atoms with Gasteiger partial charge in [0.1, 0.15) is 0 Å². The summed E-state index contributed by atoms with van der Waals surface area (Å²) in [5, 5.41) is 3.73. The number of rotatable bonds is 4. The van der Waals surface area contributed by atoms with E-state index in [0.29, 0.717) is 18.0 Å². The summed E-state index contributed by atoms with van der Waals surface area (Å²) in [5.41, 5.74) is 1.27. The van der Waals surface area contributed by atoms with Crippen LogP contribution in [0.5, 0.6) is 0 Å². The van der Waals surface area contributed by atoms with Gasteiger partial charge in [-0.2, -0.15) is 0 Å². The van der Waals surface area contributed by atoms with Crippen LogP contribution in [0.25, 0.3) is 0 Å². The highest BCUT2D eigenvalue weighted by Crippen LogP contribution is 2.23. The summed E-state index contributed by atoms with van der Waals surface area (Å²) in [6.07, 6.45) is 5.81. The zero-order valence-corrected chi connectivity index (χ0v) is 12.7. The number of amides is 1. The summed E-state index contributed by atoms with van der Waals surface area (Å²) in [5.74, 6) is 0.737. The molecule has 1 aromatic heterocycles. The van der Waals surface area contributed by atoms with E-state index < -0.39 is 0 Å². The molecule has 20 heavy (non-hydrogen) atoms. The van der Waals surface area contributed by atoms with E-state index in [4.69, 9.17) is 0 Å². The Balaban J connectivity index is 1.97. The van der Waals surface area contributed by atoms with Crippen molar-refractivity contribution in [3.05, 3.63) is 30.1 Å². The molecule has 1 aliphatic rings. The Hall–Kier alpha value is -1.42. The minimum absolute atomic E-state index is 0.198. The van der Waals surface area contributed by atoms with Crippen molar-refractivity contribution in [2.75, 3.05) is 13.1 Å². The van der Waals surface area contributed by atoms with E-state index in [1.54, 1.807) is 6.92 Å². The van der Waals surface area contributed by atoms with Gasteiger partial charge < -0.3 is 10.2 Å². The molecule has 0 unspecified atom stereocenters. The molecule has 110 valence electrons. The Morgan fingerprint density at radius 1 is 1.50 bits per heavy atom. The van der Waals surface area contributed by atoms with Gasteiger partial charge in [-0.15, -0.1) is 0 Å². The largest absolute Gasteiger partial charge is 0.343 e. The molecular formula is C16H25N3O. The van der Waals surface area contributed by atoms with Crippen molar-refractivity contribution < 1.29 is 4.79 Å². The number of carbonyl (C=O) groups is 1. The maximum atomic E-state index is 11.5. The van der Waals surface area contributed by atoms with Gasteiger partial charge in [-0.3, -0.25) is 9.78 Å². The Kier molecular flexibility index (Phi) is 5.12. The van der Waals surface area contributed by atoms with Crippen molar-refractivity contribution in [3.63, 3.8) is 0 Å². The van der Waals surface area contributed by atoms with Gasteiger partial charge >= 0.3 is 0 Å². The number of carbonyl (C=O) groups excluding carboxylic acids is 1. The Labute approximate surface area is 121 Å². The van der Waals surface area contributed by atoms with Gasteiger partial charge in [-0.05, 0) is 37.0 Å². The van der Waals surface area contributed by atoms with Gasteiger partial charge in [-0.25, -0.2) is 0 Å². The Bertz CT molecular complexity index is 435. The lowest BCUT2D eigenvalue weighted by Crippen LogP contribution is -2.50. The number of aromatic nitrogens is 1. The van der Waals surface area contributed by atoms with Crippen LogP contribution in [-0.4, -0.2) is 34.9 Å². The topological polar surface area (TPSA) is 45.2 Å². The normalized spacial score (nSPS) is 24.4. The fourth-order valence-electron chi connectivity index (χ4n) is 3.02. The molecule has 2 heterocycles. The molecule has 0 bridgehead atoms. The van der Waals surface area contributed by atoms with Crippen LogP contribution in [0.3, 0.4) is 0 Å². The molecule has 1 N–H and O–H groups in total. The van der Waals surface area contributed by atoms with E-state index >= 15 is 0 Å². The third-order valence-corrected chi connectivity index (χ3v) is 4.37. The number of piperidine rings is 1. The maximum Gasteiger partial charge on any atom is 0.219 e. The van der Waals surface area contributed by atoms with Crippen molar-refractivity contribution in [3.8, 4) is 0 Å². The van der Waals surface area contributed by atoms with E-state index in [1.807, 2.05) is 17.3 Å². The van der Waals surface area contributed by atoms with Gasteiger partial charge in [0, 0.05) is 44.5 Å². The average Bonchev–Trinajstić information content (AvgIpc) is 2.48. The first-order valence-corrected chi connectivity index (χ1v) is 7.53. The van der Waals surface area contributed by atoms with Crippen LogP contribution in [0.4, 0.5) is 0 Å². The van der Waals surface area contributed by atoms with Crippen LogP contribution in [0.1, 0.15) is 45.2 Å². The zero-order chi connectivity index (χ0) is 14.5. The van der Waals surface area contributed by atoms with Gasteiger partial charge in [-0.1, -0.05) is 13.3 Å². The third-order valence-electron chi connectivity index (χ3n) is 4.37. The predicted octanol–water partition coefficient (Wildman–Crippen LogP) is 2.38. The number of nitrogens with zero attached hydrogens (tertiary/aromatic N) is 2. The van der Waals surface area contributed by atoms with Crippen LogP contribution in [0.15, 0.2) is 24.5 Å². The highest BCUT2D eigenvalue weighted by atomic mass is 16.2. The molecule has 1 fully saturated rings. The summed E-state index contributed by atoms with van der Waals surface area (Å²) in [4.78, 5) is 17.5. The number of pyridine rings is 1. The van der Waals surface area contributed by atoms with Gasteiger partial charge in [0.05, 0.1) is 0 Å². The van der Waals surface area contributed by atoms with E-state index in [-0.39, 0.29) is 5.91 Å². The molecule has 2 rings (SSSR count). The summed E-state index contributed by atoms with van der Waals surface area (Å²) in [6, 6.07) is 4.92. The van der Waals surface area contributed by atoms with Crippen LogP contribution < -0.4 is 5.32 Å². The first-order chi connectivity index (χ1) is 9.61. The van der Waals surface area contributed by atoms with Crippen LogP contribution >= 0.6 is 0 Å². The first-order valence-electron chi connectivity index (χ1n) is 7.53. The summed E-state index contributed by atoms with van der Waals surface area (Å²) in [6.45, 7) is 7.82. The summed E-state index contributed by atoms with van der Waals surface area (Å²) >= 11 is 0. The molecule has 1 saturated heterocycles. The highest BCUT2D eigenvalue weighted by Gasteiger charge is 2.29. The monoisotopic (exact) mass is 275 g/mol. The molecule has 0 radical (unpaired) electrons. The quantitative estimate of drug-likeness (QED) is 0.917. The first kappa shape index (κ1) is 15.0. The Morgan fingerprint density at radius 3 is 2.80 bits per heavy atom. The second kappa shape index (κ2) is 6.84. The van der Waals surface area contributed by atoms with Crippen molar-refractivity contribution in [1.29, 1.82) is 0 Å². The molecule has 0 aliphatic carbocycles. The fraction of sp³-hybridized carbons (Fsp3) is 0.625. The Morgan fingerprint density at radius 2 is 2.20 bits per heavy atom. The second-order valence-corrected chi connectivity index (χ2v) is 5.70. The zero-order valence-electron chi connectivity index (χ0n) is 12.7. The molecule has 4 heteroatoms. The predicted molar refractivity (Wildman–Crippen MR) is 80.2 cm³/mol. The molecule has 1 amide bonds. The number of hydrogen-bond acceptors (Lipinski definition) is 3. The second-order valence-electron chi connectivity index (χ2n) is 5.70. The maximum absolute atomic E-state index is 11.5. The minimum atomic E-state index is 0.198. The van der Waals surface area contributed by atoms with Gasteiger partial charge in [0.25, 0.3) is 0 Å². The molecular weight excluding hydrogens is 250 g/mol. The molecule has 1 aromatic rings. The van der Waals surface area contributed by atoms with E-state index in [1.165, 1.54) is 5.56 Å². The number of nitrogens with one attached hydrogen (secondary N) is 1. The van der Waals surface area contributed by atoms with E-state index in [2.05, 4.69) is 36.3 Å². The van der Waals surface area contributed by atoms with Crippen LogP contribution in [0.2, 0.25) is 0 Å². The lowest BCUT2D eigenvalue weighted by atomic mass is 9.89. The van der Waals surface area contributed by atoms with Gasteiger partial charge in [0.2, 0.25) is 5.91 Å². The van der Waals surface area contributed by atoms with Crippen molar-refractivity contribution >= 4 is 5.91 Å². The highest BCUT2D eigenvalue weighted by molar-refractivity contribution is 5.73. The van der Waals surface area contributed by atoms with Crippen LogP contribution in [0, 0.1) is 5.92 Å². The number of likely N-dealkylation sites (tertiary alicyclic amines) is 1. The van der Waals surface area contributed by atoms with E-state index in [0.717, 1.165) is 25.9 Å². The van der Waals surface area contributed by atoms with Crippen molar-refractivity contribution in [2.24, 2.45) is 5.92 Å². The molecule has 0 aromatic carbocycles. The molecule has 0 spiro atoms. The standard InChI is InChI=1S/C16H25N3O/c1-4-14-11-19(13(3)20)10-7-16(14)18-12(2)15-5-8-17-9-6-15/h5-6,8-9,12,14,16,18H,4,7,10-11H2,1-3H3/t12-,14+,16+/m0/s1. The van der Waals surface area contributed by atoms with Gasteiger partial charge in [0.15, 0.2) is 0 Å². The third kappa shape index (κ3) is 3.57. The minimum Gasteiger partial charge on any atom is -0.343 e. The fourth-order valence-corrected chi connectivity index (χ4v) is 3.02. The summed E-state index contributed by atoms with van der Waals surface area (Å²) in [7, 11) is 0. The molecule has 1 aliphatic heterocycles. The number of hydrogen-bond donors (Lipinski definition) is 1. The van der Waals surface area contributed by atoms with E-state index in [9.17, 15) is 4.79 Å². The van der Waals surface area contributed by atoms with Crippen molar-refractivity contribution in [1.82, 2.24) is 15.2 Å². The SMILES string of the molecule is CC[C@@H]1CN(C(C)=O)CC[C@H]1N[C@@H](C)c1ccncc1. The van der Waals surface area contributed by atoms with Crippen LogP contribution in [-0.2, 0) is 4.79 Å². The smallest absolute Gasteiger partial charge is 0.219 e.